The van der Waals surface area contributed by atoms with Gasteiger partial charge in [-0.2, -0.15) is 0 Å². The highest BCUT2D eigenvalue weighted by atomic mass is 35.5. The van der Waals surface area contributed by atoms with Crippen LogP contribution < -0.4 is 5.63 Å². The molecule has 1 unspecified atom stereocenters. The molecule has 4 rings (SSSR count). The second-order valence-corrected chi connectivity index (χ2v) is 7.03. The molecule has 0 bridgehead atoms. The lowest BCUT2D eigenvalue weighted by Gasteiger charge is -2.19. The van der Waals surface area contributed by atoms with E-state index in [-0.39, 0.29) is 6.61 Å². The average Bonchev–Trinajstić information content (AvgIpc) is 3.18. The molecule has 0 aliphatic carbocycles. The predicted molar refractivity (Wildman–Crippen MR) is 106 cm³/mol. The van der Waals surface area contributed by atoms with Gasteiger partial charge in [0.25, 0.3) is 0 Å². The number of ether oxygens (including phenoxy) is 1. The van der Waals surface area contributed by atoms with Gasteiger partial charge in [0, 0.05) is 27.2 Å². The van der Waals surface area contributed by atoms with Gasteiger partial charge in [-0.1, -0.05) is 52.7 Å². The lowest BCUT2D eigenvalue weighted by molar-refractivity contribution is 0.0242. The number of rotatable bonds is 6. The molecule has 1 atom stereocenters. The first-order valence-corrected chi connectivity index (χ1v) is 9.28. The van der Waals surface area contributed by atoms with E-state index < -0.39 is 11.7 Å². The molecule has 0 aliphatic heterocycles. The summed E-state index contributed by atoms with van der Waals surface area (Å²) >= 11 is 12.4. The Kier molecular flexibility index (Phi) is 5.43. The molecule has 8 heteroatoms. The topological polar surface area (TPSA) is 70.2 Å². The molecule has 4 aromatic rings. The van der Waals surface area contributed by atoms with Gasteiger partial charge in [-0.25, -0.2) is 9.48 Å². The summed E-state index contributed by atoms with van der Waals surface area (Å²) in [7, 11) is 0. The molecule has 28 heavy (non-hydrogen) atoms. The van der Waals surface area contributed by atoms with Gasteiger partial charge in [0.2, 0.25) is 0 Å². The number of para-hydroxylation sites is 1. The van der Waals surface area contributed by atoms with Crippen LogP contribution in [0, 0.1) is 0 Å². The Balaban J connectivity index is 1.62. The van der Waals surface area contributed by atoms with E-state index in [1.165, 1.54) is 0 Å². The van der Waals surface area contributed by atoms with E-state index in [2.05, 4.69) is 10.3 Å². The quantitative estimate of drug-likeness (QED) is 0.428. The number of benzene rings is 2. The fourth-order valence-corrected chi connectivity index (χ4v) is 3.43. The molecule has 2 heterocycles. The van der Waals surface area contributed by atoms with Gasteiger partial charge in [-0.3, -0.25) is 0 Å². The fourth-order valence-electron chi connectivity index (χ4n) is 2.90. The van der Waals surface area contributed by atoms with Crippen LogP contribution in [-0.4, -0.2) is 15.0 Å². The Morgan fingerprint density at radius 2 is 2.00 bits per heavy atom. The largest absolute Gasteiger partial charge is 0.422 e. The van der Waals surface area contributed by atoms with E-state index in [4.69, 9.17) is 32.4 Å². The summed E-state index contributed by atoms with van der Waals surface area (Å²) in [5, 5.41) is 9.63. The Bertz CT molecular complexity index is 1160. The predicted octanol–water partition coefficient (Wildman–Crippen LogP) is 4.65. The van der Waals surface area contributed by atoms with E-state index in [0.29, 0.717) is 27.7 Å². The summed E-state index contributed by atoms with van der Waals surface area (Å²) < 4.78 is 13.1. The highest BCUT2D eigenvalue weighted by Crippen LogP contribution is 2.30. The van der Waals surface area contributed by atoms with Crippen LogP contribution in [0.3, 0.4) is 0 Å². The number of hydrogen-bond acceptors (Lipinski definition) is 5. The van der Waals surface area contributed by atoms with Gasteiger partial charge in [-0.05, 0) is 24.3 Å². The first-order chi connectivity index (χ1) is 13.6. The summed E-state index contributed by atoms with van der Waals surface area (Å²) in [4.78, 5) is 12.3. The van der Waals surface area contributed by atoms with Crippen LogP contribution in [0.25, 0.3) is 11.0 Å². The third kappa shape index (κ3) is 4.09. The molecular formula is C20H15Cl2N3O3. The lowest BCUT2D eigenvalue weighted by Crippen LogP contribution is -2.16. The third-order valence-electron chi connectivity index (χ3n) is 4.29. The Morgan fingerprint density at radius 1 is 1.14 bits per heavy atom. The van der Waals surface area contributed by atoms with Gasteiger partial charge >= 0.3 is 5.63 Å². The summed E-state index contributed by atoms with van der Waals surface area (Å²) in [5.74, 6) is 0. The van der Waals surface area contributed by atoms with Crippen molar-refractivity contribution < 1.29 is 9.15 Å². The minimum atomic E-state index is -0.461. The van der Waals surface area contributed by atoms with Crippen LogP contribution in [0.5, 0.6) is 0 Å². The molecule has 0 radical (unpaired) electrons. The van der Waals surface area contributed by atoms with Crippen molar-refractivity contribution in [2.45, 2.75) is 19.3 Å². The van der Waals surface area contributed by atoms with Gasteiger partial charge < -0.3 is 9.15 Å². The highest BCUT2D eigenvalue weighted by Gasteiger charge is 2.18. The number of fused-ring (bicyclic) bond motifs is 1. The van der Waals surface area contributed by atoms with E-state index in [1.54, 1.807) is 47.4 Å². The average molecular weight is 416 g/mol. The lowest BCUT2D eigenvalue weighted by atomic mass is 10.1. The molecule has 0 aliphatic rings. The molecule has 2 aromatic carbocycles. The summed E-state index contributed by atoms with van der Waals surface area (Å²) in [6.07, 6.45) is 2.85. The Hall–Kier alpha value is -2.67. The second kappa shape index (κ2) is 8.14. The van der Waals surface area contributed by atoms with Crippen molar-refractivity contribution >= 4 is 34.2 Å². The van der Waals surface area contributed by atoms with Crippen molar-refractivity contribution in [2.24, 2.45) is 0 Å². The van der Waals surface area contributed by atoms with E-state index >= 15 is 0 Å². The maximum atomic E-state index is 12.3. The molecular weight excluding hydrogens is 401 g/mol. The molecule has 142 valence electrons. The summed E-state index contributed by atoms with van der Waals surface area (Å²) in [5.41, 5.74) is 1.27. The SMILES string of the molecule is O=c1oc2ccccc2cc1COC(Cn1ccnn1)c1ccc(Cl)cc1Cl. The first-order valence-electron chi connectivity index (χ1n) is 8.52. The molecule has 0 N–H and O–H groups in total. The Labute approximate surface area is 170 Å². The van der Waals surface area contributed by atoms with E-state index in [1.807, 2.05) is 18.2 Å². The van der Waals surface area contributed by atoms with Crippen LogP contribution in [0.1, 0.15) is 17.2 Å². The minimum absolute atomic E-state index is 0.0610. The van der Waals surface area contributed by atoms with Crippen LogP contribution in [-0.2, 0) is 17.9 Å². The molecule has 0 saturated carbocycles. The van der Waals surface area contributed by atoms with Crippen molar-refractivity contribution in [2.75, 3.05) is 0 Å². The number of halogens is 2. The summed E-state index contributed by atoms with van der Waals surface area (Å²) in [6, 6.07) is 14.3. The van der Waals surface area contributed by atoms with Crippen LogP contribution in [0.4, 0.5) is 0 Å². The number of aromatic nitrogens is 3. The van der Waals surface area contributed by atoms with Crippen molar-refractivity contribution in [3.8, 4) is 0 Å². The van der Waals surface area contributed by atoms with Crippen molar-refractivity contribution in [3.63, 3.8) is 0 Å². The molecule has 0 fully saturated rings. The molecule has 2 aromatic heterocycles. The normalized spacial score (nSPS) is 12.4. The van der Waals surface area contributed by atoms with Gasteiger partial charge in [-0.15, -0.1) is 5.10 Å². The zero-order chi connectivity index (χ0) is 19.5. The minimum Gasteiger partial charge on any atom is -0.422 e. The van der Waals surface area contributed by atoms with Gasteiger partial charge in [0.05, 0.1) is 24.9 Å². The zero-order valence-corrected chi connectivity index (χ0v) is 16.1. The van der Waals surface area contributed by atoms with E-state index in [0.717, 1.165) is 10.9 Å². The van der Waals surface area contributed by atoms with Gasteiger partial charge in [0.1, 0.15) is 11.7 Å². The van der Waals surface area contributed by atoms with Crippen LogP contribution in [0.2, 0.25) is 10.0 Å². The van der Waals surface area contributed by atoms with Crippen molar-refractivity contribution in [1.82, 2.24) is 15.0 Å². The number of nitrogens with zero attached hydrogens (tertiary/aromatic N) is 3. The van der Waals surface area contributed by atoms with Crippen LogP contribution in [0.15, 0.2) is 70.1 Å². The standard InChI is InChI=1S/C20H15Cl2N3O3/c21-15-5-6-16(17(22)10-15)19(11-25-8-7-23-24-25)27-12-14-9-13-3-1-2-4-18(13)28-20(14)26/h1-10,19H,11-12H2. The van der Waals surface area contributed by atoms with Crippen LogP contribution >= 0.6 is 23.2 Å². The first kappa shape index (κ1) is 18.7. The monoisotopic (exact) mass is 415 g/mol. The molecule has 0 amide bonds. The van der Waals surface area contributed by atoms with Gasteiger partial charge in [0.15, 0.2) is 0 Å². The Morgan fingerprint density at radius 3 is 2.79 bits per heavy atom. The zero-order valence-electron chi connectivity index (χ0n) is 14.6. The number of hydrogen-bond donors (Lipinski definition) is 0. The van der Waals surface area contributed by atoms with Crippen molar-refractivity contribution in [3.05, 3.63) is 92.5 Å². The molecule has 0 spiro atoms. The smallest absolute Gasteiger partial charge is 0.341 e. The van der Waals surface area contributed by atoms with E-state index in [9.17, 15) is 4.79 Å². The summed E-state index contributed by atoms with van der Waals surface area (Å²) in [6.45, 7) is 0.436. The molecule has 6 nitrogen and oxygen atoms in total. The highest BCUT2D eigenvalue weighted by molar-refractivity contribution is 6.35. The second-order valence-electron chi connectivity index (χ2n) is 6.19. The maximum Gasteiger partial charge on any atom is 0.341 e. The fraction of sp³-hybridized carbons (Fsp3) is 0.150. The molecule has 0 saturated heterocycles. The third-order valence-corrected chi connectivity index (χ3v) is 4.85. The maximum absolute atomic E-state index is 12.3. The van der Waals surface area contributed by atoms with Crippen molar-refractivity contribution in [1.29, 1.82) is 0 Å².